The Labute approximate surface area is 238 Å². The van der Waals surface area contributed by atoms with Crippen molar-refractivity contribution in [1.29, 1.82) is 0 Å². The molecule has 2 rings (SSSR count). The Morgan fingerprint density at radius 3 is 2.00 bits per heavy atom. The molecule has 3 N–H and O–H groups in total. The van der Waals surface area contributed by atoms with Crippen molar-refractivity contribution in [3.8, 4) is 0 Å². The topological polar surface area (TPSA) is 122 Å². The van der Waals surface area contributed by atoms with E-state index in [1.165, 1.54) is 27.8 Å². The molecule has 220 valence electrons. The largest absolute Gasteiger partial charge is 0.480 e. The molecule has 0 aromatic heterocycles. The van der Waals surface area contributed by atoms with Gasteiger partial charge in [-0.15, -0.1) is 0 Å². The van der Waals surface area contributed by atoms with E-state index in [-0.39, 0.29) is 6.61 Å². The van der Waals surface area contributed by atoms with Crippen LogP contribution in [0.2, 0.25) is 0 Å². The van der Waals surface area contributed by atoms with Gasteiger partial charge in [-0.3, -0.25) is 4.79 Å². The highest BCUT2D eigenvalue weighted by atomic mass is 16.6. The van der Waals surface area contributed by atoms with Crippen LogP contribution in [-0.2, 0) is 36.7 Å². The van der Waals surface area contributed by atoms with Crippen molar-refractivity contribution < 1.29 is 34.1 Å². The molecular weight excluding hydrogens is 510 g/mol. The first-order chi connectivity index (χ1) is 19.2. The number of nitrogens with one attached hydrogen (secondary N) is 1. The molecule has 2 atom stereocenters. The average Bonchev–Trinajstić information content (AvgIpc) is 2.91. The molecule has 2 unspecified atom stereocenters. The summed E-state index contributed by atoms with van der Waals surface area (Å²) in [6.45, 7) is 5.96. The van der Waals surface area contributed by atoms with Gasteiger partial charge in [-0.25, -0.2) is 9.59 Å². The Morgan fingerprint density at radius 1 is 0.725 bits per heavy atom. The molecule has 0 spiro atoms. The highest BCUT2D eigenvalue weighted by molar-refractivity contribution is 5.88. The number of unbranched alkanes of at least 4 members (excludes halogenated alkanes) is 5. The van der Waals surface area contributed by atoms with E-state index in [0.29, 0.717) is 13.0 Å². The number of benzene rings is 2. The van der Waals surface area contributed by atoms with Crippen molar-refractivity contribution in [2.24, 2.45) is 0 Å². The van der Waals surface area contributed by atoms with Gasteiger partial charge in [0.05, 0.1) is 0 Å². The average molecular weight is 556 g/mol. The predicted octanol–water partition coefficient (Wildman–Crippen LogP) is 5.18. The minimum atomic E-state index is -1.71. The lowest BCUT2D eigenvalue weighted by molar-refractivity contribution is -0.172. The molecule has 0 aliphatic carbocycles. The summed E-state index contributed by atoms with van der Waals surface area (Å²) in [5.74, 6) is -3.36. The second kappa shape index (κ2) is 18.2. The zero-order valence-electron chi connectivity index (χ0n) is 24.1. The van der Waals surface area contributed by atoms with Crippen molar-refractivity contribution in [3.05, 3.63) is 70.3 Å². The number of aliphatic carboxylic acids is 2. The third-order valence-corrected chi connectivity index (χ3v) is 6.95. The van der Waals surface area contributed by atoms with Crippen LogP contribution in [0.5, 0.6) is 0 Å². The molecule has 8 nitrogen and oxygen atoms in total. The number of carboxylic acid groups (broad SMARTS) is 2. The summed E-state index contributed by atoms with van der Waals surface area (Å²) < 4.78 is 10.7. The van der Waals surface area contributed by atoms with Crippen LogP contribution < -0.4 is 5.32 Å². The molecule has 0 fully saturated rings. The van der Waals surface area contributed by atoms with E-state index in [1.54, 1.807) is 0 Å². The fourth-order valence-electron chi connectivity index (χ4n) is 4.40. The third kappa shape index (κ3) is 12.7. The summed E-state index contributed by atoms with van der Waals surface area (Å²) >= 11 is 0. The maximum absolute atomic E-state index is 12.9. The van der Waals surface area contributed by atoms with Gasteiger partial charge in [-0.2, -0.15) is 0 Å². The van der Waals surface area contributed by atoms with Crippen molar-refractivity contribution in [3.63, 3.8) is 0 Å². The van der Waals surface area contributed by atoms with E-state index < -0.39 is 36.7 Å². The fourth-order valence-corrected chi connectivity index (χ4v) is 4.40. The highest BCUT2D eigenvalue weighted by Gasteiger charge is 2.36. The summed E-state index contributed by atoms with van der Waals surface area (Å²) in [5, 5.41) is 21.3. The number of rotatable bonds is 20. The minimum absolute atomic E-state index is 0.171. The van der Waals surface area contributed by atoms with Crippen LogP contribution in [0.15, 0.2) is 42.5 Å². The number of carbonyl (C=O) groups excluding carboxylic acids is 1. The molecule has 0 radical (unpaired) electrons. The molecule has 8 heteroatoms. The molecule has 0 aliphatic heterocycles. The summed E-state index contributed by atoms with van der Waals surface area (Å²) in [5.41, 5.74) is 6.35. The van der Waals surface area contributed by atoms with Gasteiger partial charge in [0.25, 0.3) is 5.91 Å². The normalized spacial score (nSPS) is 12.6. The Hall–Kier alpha value is -3.23. The maximum Gasteiger partial charge on any atom is 0.336 e. The van der Waals surface area contributed by atoms with Crippen LogP contribution >= 0.6 is 0 Å². The summed E-state index contributed by atoms with van der Waals surface area (Å²) in [6.07, 6.45) is 4.96. The molecule has 2 aromatic rings. The number of carboxylic acids is 2. The van der Waals surface area contributed by atoms with Gasteiger partial charge in [0.1, 0.15) is 6.61 Å². The Bertz CT molecular complexity index is 1070. The summed E-state index contributed by atoms with van der Waals surface area (Å²) in [7, 11) is 0. The van der Waals surface area contributed by atoms with Gasteiger partial charge in [0.2, 0.25) is 0 Å². The van der Waals surface area contributed by atoms with Crippen molar-refractivity contribution >= 4 is 17.8 Å². The standard InChI is InChI=1S/C32H45NO7/c1-23-13-16-26(17-14-23)11-7-4-5-9-19-33-31(36)29(30(32(37)38)40-22-28(34)35)39-20-10-6-8-12-27-18-15-24(2)25(3)21-27/h13-18,21,29-30H,4-12,19-20,22H2,1-3H3,(H,33,36)(H,34,35)(H,37,38). The van der Waals surface area contributed by atoms with Crippen LogP contribution in [0.1, 0.15) is 72.8 Å². The number of hydrogen-bond donors (Lipinski definition) is 3. The maximum atomic E-state index is 12.9. The van der Waals surface area contributed by atoms with Crippen LogP contribution in [0.4, 0.5) is 0 Å². The molecule has 0 heterocycles. The van der Waals surface area contributed by atoms with Crippen LogP contribution in [0, 0.1) is 20.8 Å². The van der Waals surface area contributed by atoms with E-state index >= 15 is 0 Å². The lowest BCUT2D eigenvalue weighted by Crippen LogP contribution is -2.49. The van der Waals surface area contributed by atoms with Gasteiger partial charge in [-0.05, 0) is 81.5 Å². The first kappa shape index (κ1) is 33.0. The SMILES string of the molecule is Cc1ccc(CCCCCCNC(=O)C(OCCCCCc2ccc(C)c(C)c2)C(OCC(=O)O)C(=O)O)cc1. The van der Waals surface area contributed by atoms with E-state index in [9.17, 15) is 19.5 Å². The quantitative estimate of drug-likeness (QED) is 0.192. The molecule has 1 amide bonds. The van der Waals surface area contributed by atoms with Gasteiger partial charge in [0, 0.05) is 13.2 Å². The van der Waals surface area contributed by atoms with E-state index in [1.807, 2.05) is 0 Å². The predicted molar refractivity (Wildman–Crippen MR) is 155 cm³/mol. The van der Waals surface area contributed by atoms with Crippen LogP contribution in [0.25, 0.3) is 0 Å². The first-order valence-corrected chi connectivity index (χ1v) is 14.2. The zero-order chi connectivity index (χ0) is 29.3. The number of aryl methyl sites for hydroxylation is 5. The van der Waals surface area contributed by atoms with Gasteiger partial charge < -0.3 is 25.0 Å². The number of hydrogen-bond acceptors (Lipinski definition) is 5. The first-order valence-electron chi connectivity index (χ1n) is 14.2. The van der Waals surface area contributed by atoms with Gasteiger partial charge >= 0.3 is 11.9 Å². The van der Waals surface area contributed by atoms with E-state index in [4.69, 9.17) is 14.6 Å². The lowest BCUT2D eigenvalue weighted by Gasteiger charge is -2.23. The lowest BCUT2D eigenvalue weighted by atomic mass is 10.0. The van der Waals surface area contributed by atoms with Gasteiger partial charge in [0.15, 0.2) is 12.2 Å². The van der Waals surface area contributed by atoms with Crippen molar-refractivity contribution in [2.75, 3.05) is 19.8 Å². The molecule has 0 bridgehead atoms. The van der Waals surface area contributed by atoms with E-state index in [2.05, 4.69) is 68.6 Å². The highest BCUT2D eigenvalue weighted by Crippen LogP contribution is 2.14. The van der Waals surface area contributed by atoms with Crippen LogP contribution in [0.3, 0.4) is 0 Å². The molecule has 0 saturated carbocycles. The molecular formula is C32H45NO7. The molecule has 2 aromatic carbocycles. The number of amides is 1. The monoisotopic (exact) mass is 555 g/mol. The second-order valence-electron chi connectivity index (χ2n) is 10.4. The van der Waals surface area contributed by atoms with Crippen LogP contribution in [-0.4, -0.2) is 60.0 Å². The van der Waals surface area contributed by atoms with Crippen molar-refractivity contribution in [2.45, 2.75) is 90.8 Å². The Morgan fingerprint density at radius 2 is 1.35 bits per heavy atom. The summed E-state index contributed by atoms with van der Waals surface area (Å²) in [6, 6.07) is 14.9. The fraction of sp³-hybridized carbons (Fsp3) is 0.531. The second-order valence-corrected chi connectivity index (χ2v) is 10.4. The summed E-state index contributed by atoms with van der Waals surface area (Å²) in [4.78, 5) is 35.6. The Balaban J connectivity index is 1.77. The Kier molecular flexibility index (Phi) is 15.0. The zero-order valence-corrected chi connectivity index (χ0v) is 24.1. The third-order valence-electron chi connectivity index (χ3n) is 6.95. The van der Waals surface area contributed by atoms with E-state index in [0.717, 1.165) is 51.4 Å². The number of ether oxygens (including phenoxy) is 2. The minimum Gasteiger partial charge on any atom is -0.480 e. The molecule has 40 heavy (non-hydrogen) atoms. The molecule has 0 saturated heterocycles. The molecule has 0 aliphatic rings. The van der Waals surface area contributed by atoms with Gasteiger partial charge in [-0.1, -0.05) is 67.3 Å². The smallest absolute Gasteiger partial charge is 0.336 e. The van der Waals surface area contributed by atoms with Crippen molar-refractivity contribution in [1.82, 2.24) is 5.32 Å². The number of carbonyl (C=O) groups is 3.